The average Bonchev–Trinajstić information content (AvgIpc) is 3.89. The van der Waals surface area contributed by atoms with E-state index in [0.29, 0.717) is 62.3 Å². The normalized spacial score (nSPS) is 24.1. The predicted molar refractivity (Wildman–Crippen MR) is 205 cm³/mol. The van der Waals surface area contributed by atoms with Crippen molar-refractivity contribution in [3.8, 4) is 5.75 Å². The largest absolute Gasteiger partial charge is 0.494 e. The van der Waals surface area contributed by atoms with Crippen LogP contribution in [0.4, 0.5) is 33.3 Å². The average molecular weight is 826 g/mol. The number of methoxy groups -OCH3 is 1. The van der Waals surface area contributed by atoms with Gasteiger partial charge >= 0.3 is 6.18 Å². The highest BCUT2D eigenvalue weighted by Crippen LogP contribution is 2.37. The van der Waals surface area contributed by atoms with Crippen LogP contribution in [0.2, 0.25) is 0 Å². The van der Waals surface area contributed by atoms with Crippen LogP contribution in [-0.2, 0) is 20.6 Å². The number of carbonyl (C=O) groups excluding carboxylic acids is 4. The molecule has 2 aromatic heterocycles. The number of halogens is 5. The number of anilines is 2. The third kappa shape index (κ3) is 8.31. The Labute approximate surface area is 340 Å². The second kappa shape index (κ2) is 16.2. The molecule has 2 N–H and O–H groups in total. The number of imide groups is 1. The summed E-state index contributed by atoms with van der Waals surface area (Å²) in [6.07, 6.45) is 0.853. The van der Waals surface area contributed by atoms with E-state index in [0.717, 1.165) is 43.9 Å². The number of rotatable bonds is 8. The molecule has 0 spiro atoms. The van der Waals surface area contributed by atoms with Crippen LogP contribution in [0.1, 0.15) is 82.8 Å². The number of benzene rings is 2. The van der Waals surface area contributed by atoms with Gasteiger partial charge in [-0.05, 0) is 68.9 Å². The zero-order chi connectivity index (χ0) is 44.1. The van der Waals surface area contributed by atoms with Crippen LogP contribution in [0.5, 0.6) is 5.75 Å². The highest BCUT2D eigenvalue weighted by molar-refractivity contribution is 6.05. The van der Waals surface area contributed by atoms with E-state index in [9.17, 15) is 32.3 Å². The van der Waals surface area contributed by atoms with Gasteiger partial charge in [0.25, 0.3) is 5.91 Å². The second-order valence-electron chi connectivity index (χ2n) is 15.6. The molecule has 13 nitrogen and oxygen atoms in total. The lowest BCUT2D eigenvalue weighted by atomic mass is 9.89. The summed E-state index contributed by atoms with van der Waals surface area (Å²) < 4.78 is 100.0. The van der Waals surface area contributed by atoms with Gasteiger partial charge in [0.05, 0.1) is 40.2 Å². The summed E-state index contributed by atoms with van der Waals surface area (Å²) in [5.41, 5.74) is -1.51. The highest BCUT2D eigenvalue weighted by Gasteiger charge is 2.38. The van der Waals surface area contributed by atoms with E-state index in [2.05, 4.69) is 25.6 Å². The van der Waals surface area contributed by atoms with Crippen LogP contribution in [0.25, 0.3) is 10.9 Å². The quantitative estimate of drug-likeness (QED) is 0.170. The Bertz CT molecular complexity index is 2380. The van der Waals surface area contributed by atoms with E-state index >= 15 is 8.78 Å². The fourth-order valence-electron chi connectivity index (χ4n) is 8.85. The van der Waals surface area contributed by atoms with Crippen molar-refractivity contribution in [1.82, 2.24) is 29.9 Å². The van der Waals surface area contributed by atoms with E-state index in [4.69, 9.17) is 8.85 Å². The van der Waals surface area contributed by atoms with Crippen molar-refractivity contribution in [2.24, 2.45) is 5.92 Å². The number of fused-ring (bicyclic) bond motifs is 1. The number of ether oxygens (including phenoxy) is 1. The maximum Gasteiger partial charge on any atom is 0.433 e. The Balaban J connectivity index is 0.848. The molecule has 2 atom stereocenters. The Hall–Kier alpha value is -5.65. The first-order valence-corrected chi connectivity index (χ1v) is 19.6. The number of pyridine rings is 1. The highest BCUT2D eigenvalue weighted by atomic mass is 19.4. The van der Waals surface area contributed by atoms with E-state index in [1.165, 1.54) is 24.3 Å². The second-order valence-corrected chi connectivity index (χ2v) is 15.6. The zero-order valence-corrected chi connectivity index (χ0v) is 31.7. The number of hydrogen-bond acceptors (Lipinski definition) is 9. The molecule has 59 heavy (non-hydrogen) atoms. The molecule has 4 aromatic rings. The van der Waals surface area contributed by atoms with Gasteiger partial charge in [0, 0.05) is 80.6 Å². The maximum atomic E-state index is 15.2. The van der Waals surface area contributed by atoms with Gasteiger partial charge in [-0.3, -0.25) is 34.1 Å². The first kappa shape index (κ1) is 36.4. The number of amides is 4. The summed E-state index contributed by atoms with van der Waals surface area (Å²) in [7, 11) is -2.90. The molecule has 4 aliphatic rings. The monoisotopic (exact) mass is 825 g/mol. The van der Waals surface area contributed by atoms with Crippen LogP contribution < -0.4 is 20.3 Å². The summed E-state index contributed by atoms with van der Waals surface area (Å²) in [6.45, 7) is 3.23. The van der Waals surface area contributed by atoms with E-state index in [1.54, 1.807) is 15.8 Å². The van der Waals surface area contributed by atoms with Crippen LogP contribution in [0.15, 0.2) is 48.7 Å². The molecule has 18 heteroatoms. The van der Waals surface area contributed by atoms with Crippen LogP contribution in [0.3, 0.4) is 0 Å². The summed E-state index contributed by atoms with van der Waals surface area (Å²) >= 11 is 0. The molecule has 0 radical (unpaired) electrons. The summed E-state index contributed by atoms with van der Waals surface area (Å²) in [5.74, 6) is -5.56. The van der Waals surface area contributed by atoms with E-state index < -0.39 is 59.9 Å². The van der Waals surface area contributed by atoms with Crippen molar-refractivity contribution in [3.05, 3.63) is 77.2 Å². The molecule has 1 saturated carbocycles. The molecule has 312 valence electrons. The standard InChI is InChI=1S/C41H43F5N8O5/c1-59-34-20-32-24(17-33(34)48-39(57)31-3-2-4-35(47-31)41(44,45)46)22-54(50-32)26-7-5-25(6-8-26)51-13-15-52(16-14-51)40(58)23-11-12-53(21-23)27-18-29(42)37(30(43)19-27)28-9-10-36(55)49-38(28)56/h2-4,17-20,22-23,25-26,28H,5-16,21H2,1H3,(H,48,57)(H,49,55,56)/t23-,25?,26?,28-/m1/s1/i1D3. The van der Waals surface area contributed by atoms with Crippen molar-refractivity contribution in [3.63, 3.8) is 0 Å². The third-order valence-corrected chi connectivity index (χ3v) is 12.0. The molecule has 3 saturated heterocycles. The number of piperidine rings is 1. The van der Waals surface area contributed by atoms with Gasteiger partial charge < -0.3 is 19.9 Å². The minimum Gasteiger partial charge on any atom is -0.494 e. The van der Waals surface area contributed by atoms with Crippen molar-refractivity contribution >= 4 is 45.9 Å². The molecular weight excluding hydrogens is 779 g/mol. The number of hydrogen-bond donors (Lipinski definition) is 2. The fraction of sp³-hybridized carbons (Fsp3) is 0.463. The Morgan fingerprint density at radius 2 is 1.66 bits per heavy atom. The molecular formula is C41H43F5N8O5. The van der Waals surface area contributed by atoms with Gasteiger partial charge in [-0.25, -0.2) is 13.8 Å². The van der Waals surface area contributed by atoms with Gasteiger partial charge in [-0.15, -0.1) is 0 Å². The van der Waals surface area contributed by atoms with Crippen LogP contribution in [0, 0.1) is 17.6 Å². The van der Waals surface area contributed by atoms with Gasteiger partial charge in [-0.1, -0.05) is 6.07 Å². The minimum absolute atomic E-state index is 0.00184. The summed E-state index contributed by atoms with van der Waals surface area (Å²) in [6, 6.07) is 8.40. The van der Waals surface area contributed by atoms with Crippen LogP contribution >= 0.6 is 0 Å². The number of carbonyl (C=O) groups is 4. The first-order valence-electron chi connectivity index (χ1n) is 21.1. The number of aromatic nitrogens is 3. The molecule has 0 bridgehead atoms. The molecule has 2 aromatic carbocycles. The van der Waals surface area contributed by atoms with Crippen molar-refractivity contribution < 1.29 is 50.0 Å². The van der Waals surface area contributed by atoms with Crippen molar-refractivity contribution in [2.45, 2.75) is 69.1 Å². The van der Waals surface area contributed by atoms with Crippen LogP contribution in [-0.4, -0.2) is 101 Å². The van der Waals surface area contributed by atoms with E-state index in [-0.39, 0.29) is 53.8 Å². The maximum absolute atomic E-state index is 15.2. The summed E-state index contributed by atoms with van der Waals surface area (Å²) in [4.78, 5) is 59.9. The number of nitrogens with zero attached hydrogens (tertiary/aromatic N) is 6. The number of nitrogens with one attached hydrogen (secondary N) is 2. The van der Waals surface area contributed by atoms with Gasteiger partial charge in [0.15, 0.2) is 0 Å². The zero-order valence-electron chi connectivity index (χ0n) is 34.7. The van der Waals surface area contributed by atoms with Gasteiger partial charge in [0.2, 0.25) is 17.7 Å². The molecule has 4 amide bonds. The lowest BCUT2D eigenvalue weighted by molar-refractivity contribution is -0.141. The lowest BCUT2D eigenvalue weighted by Gasteiger charge is -2.42. The van der Waals surface area contributed by atoms with Crippen molar-refractivity contribution in [2.75, 3.05) is 56.5 Å². The molecule has 8 rings (SSSR count). The minimum atomic E-state index is -4.77. The first-order chi connectivity index (χ1) is 29.4. The molecule has 4 fully saturated rings. The predicted octanol–water partition coefficient (Wildman–Crippen LogP) is 5.66. The fourth-order valence-corrected chi connectivity index (χ4v) is 8.85. The molecule has 3 aliphatic heterocycles. The van der Waals surface area contributed by atoms with Gasteiger partial charge in [-0.2, -0.15) is 18.3 Å². The van der Waals surface area contributed by atoms with E-state index in [1.807, 2.05) is 4.90 Å². The third-order valence-electron chi connectivity index (χ3n) is 12.0. The van der Waals surface area contributed by atoms with Gasteiger partial charge in [0.1, 0.15) is 28.8 Å². The topological polar surface area (TPSA) is 142 Å². The Kier molecular flexibility index (Phi) is 9.99. The van der Waals surface area contributed by atoms with Crippen molar-refractivity contribution in [1.29, 1.82) is 0 Å². The number of piperazine rings is 1. The molecule has 0 unspecified atom stereocenters. The number of alkyl halides is 3. The molecule has 1 aliphatic carbocycles. The smallest absolute Gasteiger partial charge is 0.433 e. The lowest BCUT2D eigenvalue weighted by Crippen LogP contribution is -2.53. The SMILES string of the molecule is [2H]C([2H])([2H])Oc1cc2nn(C3CCC(N4CCN(C(=O)[C@@H]5CCN(c6cc(F)c([C@H]7CCC(=O)NC7=O)c(F)c6)C5)CC4)CC3)cc2cc1NC(=O)c1cccc(C(F)(F)F)n1. The Morgan fingerprint density at radius 1 is 0.932 bits per heavy atom. The molecule has 5 heterocycles. The summed E-state index contributed by atoms with van der Waals surface area (Å²) in [5, 5.41) is 9.82. The Morgan fingerprint density at radius 3 is 2.36 bits per heavy atom.